The van der Waals surface area contributed by atoms with Crippen molar-refractivity contribution in [3.63, 3.8) is 0 Å². The van der Waals surface area contributed by atoms with Crippen molar-refractivity contribution in [2.75, 3.05) is 25.6 Å². The molecule has 0 fully saturated rings. The van der Waals surface area contributed by atoms with E-state index in [1.165, 1.54) is 17.7 Å². The molecular weight excluding hydrogens is 467 g/mol. The maximum absolute atomic E-state index is 10.1. The molecule has 0 atom stereocenters. The second-order valence-electron chi connectivity index (χ2n) is 6.78. The Morgan fingerprint density at radius 2 is 2.06 bits per heavy atom. The van der Waals surface area contributed by atoms with Crippen LogP contribution in [-0.4, -0.2) is 40.4 Å². The summed E-state index contributed by atoms with van der Waals surface area (Å²) in [5.74, 6) is 1.29. The van der Waals surface area contributed by atoms with Crippen molar-refractivity contribution in [3.05, 3.63) is 58.5 Å². The smallest absolute Gasteiger partial charge is 0.166 e. The van der Waals surface area contributed by atoms with Crippen LogP contribution in [0.15, 0.2) is 42.9 Å². The van der Waals surface area contributed by atoms with Crippen LogP contribution in [-0.2, 0) is 4.74 Å². The Morgan fingerprint density at radius 3 is 2.78 bits per heavy atom. The van der Waals surface area contributed by atoms with Gasteiger partial charge in [0.05, 0.1) is 15.3 Å². The quantitative estimate of drug-likeness (QED) is 0.302. The number of rotatable bonds is 8. The molecule has 4 aromatic rings. The molecule has 0 aliphatic carbocycles. The Bertz CT molecular complexity index is 1270. The van der Waals surface area contributed by atoms with E-state index in [-0.39, 0.29) is 0 Å². The number of ether oxygens (including phenoxy) is 1. The molecule has 0 amide bonds. The Labute approximate surface area is 199 Å². The van der Waals surface area contributed by atoms with Gasteiger partial charge in [0.2, 0.25) is 0 Å². The summed E-state index contributed by atoms with van der Waals surface area (Å²) < 4.78 is 5.09. The Kier molecular flexibility index (Phi) is 7.02. The Morgan fingerprint density at radius 1 is 1.19 bits per heavy atom. The maximum Gasteiger partial charge on any atom is 0.166 e. The number of nitrogens with zero attached hydrogens (tertiary/aromatic N) is 4. The van der Waals surface area contributed by atoms with Crippen molar-refractivity contribution in [2.45, 2.75) is 6.42 Å². The summed E-state index contributed by atoms with van der Waals surface area (Å²) in [5, 5.41) is 21.3. The molecule has 7 nitrogen and oxygen atoms in total. The van der Waals surface area contributed by atoms with Crippen molar-refractivity contribution in [2.24, 2.45) is 0 Å². The molecule has 0 unspecified atom stereocenters. The molecule has 0 aliphatic heterocycles. The first-order valence-electron chi connectivity index (χ1n) is 9.69. The van der Waals surface area contributed by atoms with Crippen LogP contribution in [0.2, 0.25) is 10.0 Å². The second-order valence-corrected chi connectivity index (χ2v) is 8.65. The maximum atomic E-state index is 10.1. The number of nitriles is 1. The predicted octanol–water partition coefficient (Wildman–Crippen LogP) is 5.89. The zero-order valence-electron chi connectivity index (χ0n) is 17.0. The van der Waals surface area contributed by atoms with Crippen LogP contribution in [0, 0.1) is 11.3 Å². The third-order valence-corrected chi connectivity index (χ3v) is 6.50. The summed E-state index contributed by atoms with van der Waals surface area (Å²) in [7, 11) is 1.68. The SMILES string of the molecule is COCCCNc1cc(-c2sc(-c3ncn[nH]3)c(-c3ccc(Cl)cc3Cl)c2C#N)ccn1. The minimum Gasteiger partial charge on any atom is -0.385 e. The summed E-state index contributed by atoms with van der Waals surface area (Å²) in [6.45, 7) is 1.40. The second kappa shape index (κ2) is 10.1. The van der Waals surface area contributed by atoms with E-state index in [1.807, 2.05) is 18.2 Å². The standard InChI is InChI=1S/C22H18Cl2N6OS/c1-31-8-2-6-26-18-9-13(5-7-27-18)20-16(11-25)19(15-4-3-14(23)10-17(15)24)21(32-20)22-28-12-29-30-22/h3-5,7,9-10,12H,2,6,8H2,1H3,(H,26,27)(H,28,29,30). The van der Waals surface area contributed by atoms with Crippen molar-refractivity contribution >= 4 is 40.4 Å². The predicted molar refractivity (Wildman–Crippen MR) is 128 cm³/mol. The van der Waals surface area contributed by atoms with E-state index in [2.05, 4.69) is 31.6 Å². The normalized spacial score (nSPS) is 10.8. The van der Waals surface area contributed by atoms with Gasteiger partial charge in [0.15, 0.2) is 5.82 Å². The number of anilines is 1. The van der Waals surface area contributed by atoms with Crippen molar-refractivity contribution in [1.29, 1.82) is 5.26 Å². The average Bonchev–Trinajstić information content (AvgIpc) is 3.45. The van der Waals surface area contributed by atoms with Gasteiger partial charge in [-0.3, -0.25) is 5.10 Å². The van der Waals surface area contributed by atoms with Gasteiger partial charge in [-0.2, -0.15) is 10.4 Å². The fraction of sp³-hybridized carbons (Fsp3) is 0.182. The van der Waals surface area contributed by atoms with Gasteiger partial charge in [-0.05, 0) is 36.2 Å². The third kappa shape index (κ3) is 4.61. The highest BCUT2D eigenvalue weighted by Gasteiger charge is 2.25. The number of aromatic amines is 1. The van der Waals surface area contributed by atoms with Crippen molar-refractivity contribution < 1.29 is 4.74 Å². The molecule has 32 heavy (non-hydrogen) atoms. The molecule has 0 bridgehead atoms. The lowest BCUT2D eigenvalue weighted by molar-refractivity contribution is 0.198. The monoisotopic (exact) mass is 484 g/mol. The fourth-order valence-corrected chi connectivity index (χ4v) is 4.98. The minimum absolute atomic E-state index is 0.453. The molecule has 162 valence electrons. The average molecular weight is 485 g/mol. The van der Waals surface area contributed by atoms with Gasteiger partial charge in [-0.1, -0.05) is 29.3 Å². The van der Waals surface area contributed by atoms with Gasteiger partial charge in [0.25, 0.3) is 0 Å². The molecule has 0 saturated carbocycles. The minimum atomic E-state index is 0.453. The molecule has 10 heteroatoms. The zero-order valence-corrected chi connectivity index (χ0v) is 19.4. The summed E-state index contributed by atoms with van der Waals surface area (Å²) in [6, 6.07) is 11.4. The Balaban J connectivity index is 1.83. The topological polar surface area (TPSA) is 99.5 Å². The number of benzene rings is 1. The number of nitrogens with one attached hydrogen (secondary N) is 2. The van der Waals surface area contributed by atoms with E-state index in [0.717, 1.165) is 34.1 Å². The van der Waals surface area contributed by atoms with E-state index in [0.29, 0.717) is 39.2 Å². The van der Waals surface area contributed by atoms with Gasteiger partial charge in [-0.25, -0.2) is 9.97 Å². The molecular formula is C22H18Cl2N6OS. The third-order valence-electron chi connectivity index (χ3n) is 4.70. The number of halogens is 2. The highest BCUT2D eigenvalue weighted by Crippen LogP contribution is 2.48. The summed E-state index contributed by atoms with van der Waals surface area (Å²) in [6.07, 6.45) is 4.01. The molecule has 0 radical (unpaired) electrons. The first-order chi connectivity index (χ1) is 15.6. The molecule has 0 saturated heterocycles. The molecule has 1 aromatic carbocycles. The number of thiophene rings is 1. The summed E-state index contributed by atoms with van der Waals surface area (Å²) >= 11 is 14.1. The number of methoxy groups -OCH3 is 1. The molecule has 3 heterocycles. The van der Waals surface area contributed by atoms with Gasteiger partial charge in [-0.15, -0.1) is 11.3 Å². The zero-order chi connectivity index (χ0) is 22.5. The van der Waals surface area contributed by atoms with Crippen LogP contribution in [0.5, 0.6) is 0 Å². The number of pyridine rings is 1. The fourth-order valence-electron chi connectivity index (χ4n) is 3.27. The van der Waals surface area contributed by atoms with Crippen LogP contribution < -0.4 is 5.32 Å². The van der Waals surface area contributed by atoms with Crippen LogP contribution in [0.4, 0.5) is 5.82 Å². The van der Waals surface area contributed by atoms with E-state index in [1.54, 1.807) is 25.4 Å². The van der Waals surface area contributed by atoms with Crippen LogP contribution in [0.3, 0.4) is 0 Å². The lowest BCUT2D eigenvalue weighted by Crippen LogP contribution is -2.05. The van der Waals surface area contributed by atoms with Crippen LogP contribution in [0.25, 0.3) is 32.3 Å². The van der Waals surface area contributed by atoms with Crippen molar-refractivity contribution in [3.8, 4) is 38.3 Å². The van der Waals surface area contributed by atoms with E-state index in [9.17, 15) is 5.26 Å². The lowest BCUT2D eigenvalue weighted by atomic mass is 9.98. The highest BCUT2D eigenvalue weighted by molar-refractivity contribution is 7.19. The molecule has 3 aromatic heterocycles. The first kappa shape index (κ1) is 22.2. The van der Waals surface area contributed by atoms with Crippen molar-refractivity contribution in [1.82, 2.24) is 20.2 Å². The first-order valence-corrected chi connectivity index (χ1v) is 11.3. The molecule has 4 rings (SSSR count). The summed E-state index contributed by atoms with van der Waals surface area (Å²) in [4.78, 5) is 10.3. The van der Waals surface area contributed by atoms with Gasteiger partial charge in [0.1, 0.15) is 18.2 Å². The van der Waals surface area contributed by atoms with Crippen LogP contribution in [0.1, 0.15) is 12.0 Å². The lowest BCUT2D eigenvalue weighted by Gasteiger charge is -2.08. The van der Waals surface area contributed by atoms with E-state index >= 15 is 0 Å². The van der Waals surface area contributed by atoms with E-state index < -0.39 is 0 Å². The molecule has 0 spiro atoms. The Hall–Kier alpha value is -2.96. The van der Waals surface area contributed by atoms with Crippen LogP contribution >= 0.6 is 34.5 Å². The largest absolute Gasteiger partial charge is 0.385 e. The highest BCUT2D eigenvalue weighted by atomic mass is 35.5. The number of hydrogen-bond acceptors (Lipinski definition) is 7. The van der Waals surface area contributed by atoms with Gasteiger partial charge >= 0.3 is 0 Å². The number of hydrogen-bond donors (Lipinski definition) is 2. The summed E-state index contributed by atoms with van der Waals surface area (Å²) in [5.41, 5.74) is 2.76. The number of aromatic nitrogens is 4. The number of H-pyrrole nitrogens is 1. The van der Waals surface area contributed by atoms with Gasteiger partial charge < -0.3 is 10.1 Å². The van der Waals surface area contributed by atoms with E-state index in [4.69, 9.17) is 27.9 Å². The van der Waals surface area contributed by atoms with Gasteiger partial charge in [0, 0.05) is 47.6 Å². The molecule has 0 aliphatic rings. The molecule has 2 N–H and O–H groups in total.